The highest BCUT2D eigenvalue weighted by atomic mass is 16.5. The van der Waals surface area contributed by atoms with Crippen LogP contribution in [0.3, 0.4) is 0 Å². The zero-order valence-corrected chi connectivity index (χ0v) is 14.7. The van der Waals surface area contributed by atoms with Gasteiger partial charge in [-0.1, -0.05) is 0 Å². The van der Waals surface area contributed by atoms with E-state index in [2.05, 4.69) is 35.8 Å². The Hall–Kier alpha value is -3.28. The van der Waals surface area contributed by atoms with E-state index in [0.29, 0.717) is 18.4 Å². The van der Waals surface area contributed by atoms with Gasteiger partial charge in [-0.25, -0.2) is 5.84 Å². The van der Waals surface area contributed by atoms with Gasteiger partial charge in [0.05, 0.1) is 0 Å². The molecule has 0 saturated heterocycles. The number of nitrogens with two attached hydrogens (primary N) is 1. The Morgan fingerprint density at radius 2 is 1.85 bits per heavy atom. The number of anilines is 2. The van der Waals surface area contributed by atoms with Crippen LogP contribution in [0, 0.1) is 0 Å². The molecule has 0 aliphatic heterocycles. The van der Waals surface area contributed by atoms with Crippen molar-refractivity contribution < 1.29 is 14.3 Å². The van der Waals surface area contributed by atoms with Gasteiger partial charge in [-0.3, -0.25) is 10.2 Å². The molecular formula is C14H21N9O3. The second-order valence-electron chi connectivity index (χ2n) is 5.26. The lowest BCUT2D eigenvalue weighted by atomic mass is 10.4. The lowest BCUT2D eigenvalue weighted by Gasteiger charge is -2.11. The number of hydrazine groups is 1. The molecule has 2 aromatic rings. The van der Waals surface area contributed by atoms with Crippen molar-refractivity contribution >= 4 is 17.8 Å². The molecule has 0 unspecified atom stereocenters. The standard InChI is InChI=1S/C14H21N9O3/c1-4-16-12-18-13(17-8(2)3)20-14(19-12)26-11-6-5-10(22-23-11)25-7-9(24)21-15/h5-6,8H,4,7,15H2,1-3H3,(H,21,24)(H2,16,17,18,19,20). The van der Waals surface area contributed by atoms with E-state index < -0.39 is 5.91 Å². The van der Waals surface area contributed by atoms with Crippen molar-refractivity contribution in [3.05, 3.63) is 12.1 Å². The lowest BCUT2D eigenvalue weighted by molar-refractivity contribution is -0.123. The van der Waals surface area contributed by atoms with Gasteiger partial charge in [0.2, 0.25) is 23.7 Å². The first kappa shape index (κ1) is 19.1. The lowest BCUT2D eigenvalue weighted by Crippen LogP contribution is -2.34. The summed E-state index contributed by atoms with van der Waals surface area (Å²) < 4.78 is 10.6. The van der Waals surface area contributed by atoms with E-state index in [0.717, 1.165) is 0 Å². The molecule has 0 atom stereocenters. The first-order chi connectivity index (χ1) is 12.5. The third-order valence-corrected chi connectivity index (χ3v) is 2.69. The van der Waals surface area contributed by atoms with Crippen molar-refractivity contribution in [2.45, 2.75) is 26.8 Å². The Morgan fingerprint density at radius 1 is 1.15 bits per heavy atom. The van der Waals surface area contributed by atoms with Crippen molar-refractivity contribution in [3.63, 3.8) is 0 Å². The number of rotatable bonds is 9. The summed E-state index contributed by atoms with van der Waals surface area (Å²) in [5.41, 5.74) is 1.94. The van der Waals surface area contributed by atoms with Crippen molar-refractivity contribution in [3.8, 4) is 17.8 Å². The molecule has 1 amide bonds. The van der Waals surface area contributed by atoms with Gasteiger partial charge >= 0.3 is 6.01 Å². The zero-order chi connectivity index (χ0) is 18.9. The number of hydrogen-bond acceptors (Lipinski definition) is 11. The number of carbonyl (C=O) groups is 1. The van der Waals surface area contributed by atoms with Crippen LogP contribution < -0.4 is 31.4 Å². The average Bonchev–Trinajstić information content (AvgIpc) is 2.60. The summed E-state index contributed by atoms with van der Waals surface area (Å²) in [5, 5.41) is 13.7. The second kappa shape index (κ2) is 9.27. The summed E-state index contributed by atoms with van der Waals surface area (Å²) in [5.74, 6) is 5.53. The predicted octanol–water partition coefficient (Wildman–Crippen LogP) is 0.0747. The second-order valence-corrected chi connectivity index (χ2v) is 5.26. The molecule has 0 fully saturated rings. The van der Waals surface area contributed by atoms with Crippen LogP contribution in [-0.2, 0) is 4.79 Å². The normalized spacial score (nSPS) is 10.3. The number of nitrogens with zero attached hydrogens (tertiary/aromatic N) is 5. The molecule has 12 heteroatoms. The highest BCUT2D eigenvalue weighted by Gasteiger charge is 2.10. The van der Waals surface area contributed by atoms with Crippen LogP contribution in [0.15, 0.2) is 12.1 Å². The highest BCUT2D eigenvalue weighted by molar-refractivity contribution is 5.76. The summed E-state index contributed by atoms with van der Waals surface area (Å²) >= 11 is 0. The fourth-order valence-electron chi connectivity index (χ4n) is 1.68. The Balaban J connectivity index is 2.08. The van der Waals surface area contributed by atoms with Crippen LogP contribution in [-0.4, -0.2) is 50.2 Å². The van der Waals surface area contributed by atoms with Crippen molar-refractivity contribution in [2.24, 2.45) is 5.84 Å². The van der Waals surface area contributed by atoms with Gasteiger partial charge in [0.25, 0.3) is 5.91 Å². The number of ether oxygens (including phenoxy) is 2. The number of aromatic nitrogens is 5. The Morgan fingerprint density at radius 3 is 2.46 bits per heavy atom. The SMILES string of the molecule is CCNc1nc(NC(C)C)nc(Oc2ccc(OCC(=O)NN)nn2)n1. The molecular weight excluding hydrogens is 342 g/mol. The van der Waals surface area contributed by atoms with Gasteiger partial charge in [0.15, 0.2) is 6.61 Å². The maximum absolute atomic E-state index is 11.0. The molecule has 0 bridgehead atoms. The first-order valence-corrected chi connectivity index (χ1v) is 7.90. The van der Waals surface area contributed by atoms with Gasteiger partial charge in [-0.15, -0.1) is 10.2 Å². The molecule has 0 aliphatic rings. The molecule has 0 radical (unpaired) electrons. The smallest absolute Gasteiger partial charge is 0.330 e. The Kier molecular flexibility index (Phi) is 6.79. The number of carbonyl (C=O) groups excluding carboxylic acids is 1. The molecule has 26 heavy (non-hydrogen) atoms. The average molecular weight is 363 g/mol. The molecule has 0 saturated carbocycles. The predicted molar refractivity (Wildman–Crippen MR) is 92.7 cm³/mol. The molecule has 12 nitrogen and oxygen atoms in total. The maximum Gasteiger partial charge on any atom is 0.330 e. The van der Waals surface area contributed by atoms with E-state index in [1.807, 2.05) is 26.2 Å². The summed E-state index contributed by atoms with van der Waals surface area (Å²) in [4.78, 5) is 23.6. The minimum absolute atomic E-state index is 0.0598. The third kappa shape index (κ3) is 5.98. The largest absolute Gasteiger partial charge is 0.466 e. The van der Waals surface area contributed by atoms with E-state index in [1.54, 1.807) is 0 Å². The van der Waals surface area contributed by atoms with Crippen LogP contribution in [0.1, 0.15) is 20.8 Å². The highest BCUT2D eigenvalue weighted by Crippen LogP contribution is 2.19. The number of hydrogen-bond donors (Lipinski definition) is 4. The monoisotopic (exact) mass is 363 g/mol. The Bertz CT molecular complexity index is 724. The van der Waals surface area contributed by atoms with Crippen LogP contribution >= 0.6 is 0 Å². The Labute approximate surface area is 149 Å². The zero-order valence-electron chi connectivity index (χ0n) is 14.7. The summed E-state index contributed by atoms with van der Waals surface area (Å²) in [6, 6.07) is 3.20. The van der Waals surface area contributed by atoms with Gasteiger partial charge in [-0.05, 0) is 20.8 Å². The van der Waals surface area contributed by atoms with E-state index in [1.165, 1.54) is 12.1 Å². The van der Waals surface area contributed by atoms with Crippen LogP contribution in [0.2, 0.25) is 0 Å². The molecule has 140 valence electrons. The maximum atomic E-state index is 11.0. The fourth-order valence-corrected chi connectivity index (χ4v) is 1.68. The van der Waals surface area contributed by atoms with Crippen molar-refractivity contribution in [2.75, 3.05) is 23.8 Å². The van der Waals surface area contributed by atoms with Gasteiger partial charge in [0, 0.05) is 24.7 Å². The third-order valence-electron chi connectivity index (χ3n) is 2.69. The van der Waals surface area contributed by atoms with Gasteiger partial charge < -0.3 is 20.1 Å². The topological polar surface area (TPSA) is 162 Å². The van der Waals surface area contributed by atoms with Gasteiger partial charge in [0.1, 0.15) is 0 Å². The minimum Gasteiger partial charge on any atom is -0.466 e. The van der Waals surface area contributed by atoms with E-state index >= 15 is 0 Å². The van der Waals surface area contributed by atoms with Crippen LogP contribution in [0.5, 0.6) is 17.8 Å². The molecule has 2 aromatic heterocycles. The summed E-state index contributed by atoms with van der Waals surface area (Å²) in [7, 11) is 0. The van der Waals surface area contributed by atoms with Crippen LogP contribution in [0.25, 0.3) is 0 Å². The molecule has 2 rings (SSSR count). The fraction of sp³-hybridized carbons (Fsp3) is 0.429. The molecule has 0 aliphatic carbocycles. The van der Waals surface area contributed by atoms with Crippen molar-refractivity contribution in [1.29, 1.82) is 0 Å². The quantitative estimate of drug-likeness (QED) is 0.271. The first-order valence-electron chi connectivity index (χ1n) is 7.90. The van der Waals surface area contributed by atoms with E-state index in [-0.39, 0.29) is 30.4 Å². The molecule has 0 spiro atoms. The number of nitrogens with one attached hydrogen (secondary N) is 3. The van der Waals surface area contributed by atoms with E-state index in [9.17, 15) is 4.79 Å². The van der Waals surface area contributed by atoms with Crippen LogP contribution in [0.4, 0.5) is 11.9 Å². The van der Waals surface area contributed by atoms with Gasteiger partial charge in [-0.2, -0.15) is 15.0 Å². The molecule has 2 heterocycles. The summed E-state index contributed by atoms with van der Waals surface area (Å²) in [6.07, 6.45) is 0. The molecule has 5 N–H and O–H groups in total. The molecule has 0 aromatic carbocycles. The minimum atomic E-state index is -0.488. The number of amides is 1. The van der Waals surface area contributed by atoms with E-state index in [4.69, 9.17) is 15.3 Å². The summed E-state index contributed by atoms with van der Waals surface area (Å²) in [6.45, 7) is 6.23. The van der Waals surface area contributed by atoms with Crippen molar-refractivity contribution in [1.82, 2.24) is 30.6 Å².